The van der Waals surface area contributed by atoms with Crippen LogP contribution >= 0.6 is 0 Å². The van der Waals surface area contributed by atoms with Gasteiger partial charge in [0.1, 0.15) is 5.82 Å². The van der Waals surface area contributed by atoms with E-state index in [4.69, 9.17) is 0 Å². The minimum atomic E-state index is -0.102. The molecule has 2 N–H and O–H groups in total. The van der Waals surface area contributed by atoms with E-state index in [1.54, 1.807) is 12.4 Å². The van der Waals surface area contributed by atoms with Crippen molar-refractivity contribution in [3.8, 4) is 0 Å². The number of aromatic nitrogens is 2. The summed E-state index contributed by atoms with van der Waals surface area (Å²) in [5, 5.41) is 12.1. The van der Waals surface area contributed by atoms with Gasteiger partial charge in [-0.25, -0.2) is 4.98 Å². The Morgan fingerprint density at radius 1 is 1.28 bits per heavy atom. The standard InChI is InChI=1S/C19H24N4O2/c24-14-15-8-11-23(13-15)18-7-6-16(12-22-18)19(25)21-10-3-5-17-4-1-2-9-20-17/h1-2,4,6-7,9,12,15,24H,3,5,8,10-11,13-14H2,(H,21,25)/t15-/m1/s1. The molecule has 132 valence electrons. The van der Waals surface area contributed by atoms with Crippen molar-refractivity contribution in [3.63, 3.8) is 0 Å². The fourth-order valence-electron chi connectivity index (χ4n) is 3.02. The SMILES string of the molecule is O=C(NCCCc1ccccn1)c1ccc(N2CC[C@@H](CO)C2)nc1. The van der Waals surface area contributed by atoms with Crippen LogP contribution in [-0.4, -0.2) is 47.2 Å². The first-order valence-electron chi connectivity index (χ1n) is 8.76. The molecular weight excluding hydrogens is 316 g/mol. The molecule has 0 spiro atoms. The van der Waals surface area contributed by atoms with Gasteiger partial charge in [0.05, 0.1) is 5.56 Å². The normalized spacial score (nSPS) is 16.8. The van der Waals surface area contributed by atoms with E-state index in [2.05, 4.69) is 20.2 Å². The molecule has 3 rings (SSSR count). The van der Waals surface area contributed by atoms with Crippen molar-refractivity contribution >= 4 is 11.7 Å². The van der Waals surface area contributed by atoms with E-state index in [0.29, 0.717) is 18.0 Å². The summed E-state index contributed by atoms with van der Waals surface area (Å²) in [7, 11) is 0. The highest BCUT2D eigenvalue weighted by molar-refractivity contribution is 5.94. The molecule has 0 saturated carbocycles. The molecule has 0 bridgehead atoms. The van der Waals surface area contributed by atoms with Gasteiger partial charge in [-0.05, 0) is 43.5 Å². The van der Waals surface area contributed by atoms with Crippen LogP contribution in [0.15, 0.2) is 42.7 Å². The van der Waals surface area contributed by atoms with Gasteiger partial charge in [-0.1, -0.05) is 6.07 Å². The molecule has 6 nitrogen and oxygen atoms in total. The summed E-state index contributed by atoms with van der Waals surface area (Å²) in [6.45, 7) is 2.55. The third-order valence-corrected chi connectivity index (χ3v) is 4.50. The Balaban J connectivity index is 1.44. The molecule has 1 atom stereocenters. The predicted octanol–water partition coefficient (Wildman–Crippen LogP) is 1.66. The maximum Gasteiger partial charge on any atom is 0.252 e. The molecule has 1 aliphatic rings. The third kappa shape index (κ3) is 4.76. The summed E-state index contributed by atoms with van der Waals surface area (Å²) in [5.41, 5.74) is 1.61. The van der Waals surface area contributed by atoms with Crippen LogP contribution in [0.3, 0.4) is 0 Å². The Labute approximate surface area is 147 Å². The summed E-state index contributed by atoms with van der Waals surface area (Å²) in [4.78, 5) is 23.0. The summed E-state index contributed by atoms with van der Waals surface area (Å²) in [6, 6.07) is 9.54. The molecule has 1 saturated heterocycles. The molecule has 0 aromatic carbocycles. The smallest absolute Gasteiger partial charge is 0.252 e. The molecule has 25 heavy (non-hydrogen) atoms. The van der Waals surface area contributed by atoms with Crippen molar-refractivity contribution in [2.45, 2.75) is 19.3 Å². The van der Waals surface area contributed by atoms with Gasteiger partial charge < -0.3 is 15.3 Å². The van der Waals surface area contributed by atoms with E-state index in [9.17, 15) is 9.90 Å². The van der Waals surface area contributed by atoms with Gasteiger partial charge in [-0.3, -0.25) is 9.78 Å². The van der Waals surface area contributed by atoms with E-state index >= 15 is 0 Å². The van der Waals surface area contributed by atoms with Crippen LogP contribution in [0.2, 0.25) is 0 Å². The summed E-state index contributed by atoms with van der Waals surface area (Å²) < 4.78 is 0. The number of pyridine rings is 2. The van der Waals surface area contributed by atoms with Gasteiger partial charge in [0.2, 0.25) is 0 Å². The molecule has 2 aromatic heterocycles. The van der Waals surface area contributed by atoms with Crippen LogP contribution in [0.5, 0.6) is 0 Å². The number of nitrogens with zero attached hydrogens (tertiary/aromatic N) is 3. The fourth-order valence-corrected chi connectivity index (χ4v) is 3.02. The van der Waals surface area contributed by atoms with Crippen molar-refractivity contribution in [2.24, 2.45) is 5.92 Å². The first kappa shape index (κ1) is 17.4. The summed E-state index contributed by atoms with van der Waals surface area (Å²) >= 11 is 0. The second-order valence-electron chi connectivity index (χ2n) is 6.37. The van der Waals surface area contributed by atoms with Crippen molar-refractivity contribution in [1.29, 1.82) is 0 Å². The first-order chi connectivity index (χ1) is 12.3. The number of aliphatic hydroxyl groups excluding tert-OH is 1. The molecule has 1 fully saturated rings. The Morgan fingerprint density at radius 3 is 2.88 bits per heavy atom. The minimum Gasteiger partial charge on any atom is -0.396 e. The second-order valence-corrected chi connectivity index (χ2v) is 6.37. The van der Waals surface area contributed by atoms with E-state index in [0.717, 1.165) is 43.9 Å². The topological polar surface area (TPSA) is 78.4 Å². The molecular formula is C19H24N4O2. The Bertz CT molecular complexity index is 676. The quantitative estimate of drug-likeness (QED) is 0.750. The number of carbonyl (C=O) groups excluding carboxylic acids is 1. The Kier molecular flexibility index (Phi) is 5.95. The highest BCUT2D eigenvalue weighted by atomic mass is 16.3. The van der Waals surface area contributed by atoms with Crippen molar-refractivity contribution in [3.05, 3.63) is 54.0 Å². The molecule has 3 heterocycles. The summed E-state index contributed by atoms with van der Waals surface area (Å²) in [5.74, 6) is 1.08. The first-order valence-corrected chi connectivity index (χ1v) is 8.76. The monoisotopic (exact) mass is 340 g/mol. The molecule has 2 aromatic rings. The van der Waals surface area contributed by atoms with Gasteiger partial charge >= 0.3 is 0 Å². The zero-order chi connectivity index (χ0) is 17.5. The number of aliphatic hydroxyl groups is 1. The average Bonchev–Trinajstić information content (AvgIpc) is 3.15. The lowest BCUT2D eigenvalue weighted by Gasteiger charge is -2.17. The van der Waals surface area contributed by atoms with Gasteiger partial charge in [0.15, 0.2) is 0 Å². The number of anilines is 1. The summed E-state index contributed by atoms with van der Waals surface area (Å²) in [6.07, 6.45) is 6.08. The number of nitrogens with one attached hydrogen (secondary N) is 1. The number of hydrogen-bond acceptors (Lipinski definition) is 5. The van der Waals surface area contributed by atoms with E-state index in [1.807, 2.05) is 30.3 Å². The fraction of sp³-hybridized carbons (Fsp3) is 0.421. The predicted molar refractivity (Wildman–Crippen MR) is 96.5 cm³/mol. The van der Waals surface area contributed by atoms with Crippen LogP contribution in [0.1, 0.15) is 28.9 Å². The zero-order valence-electron chi connectivity index (χ0n) is 14.3. The van der Waals surface area contributed by atoms with Crippen molar-refractivity contribution in [2.75, 3.05) is 31.1 Å². The van der Waals surface area contributed by atoms with E-state index < -0.39 is 0 Å². The number of rotatable bonds is 7. The maximum atomic E-state index is 12.2. The average molecular weight is 340 g/mol. The molecule has 0 unspecified atom stereocenters. The number of hydrogen-bond donors (Lipinski definition) is 2. The highest BCUT2D eigenvalue weighted by Gasteiger charge is 2.22. The van der Waals surface area contributed by atoms with Gasteiger partial charge in [0.25, 0.3) is 5.91 Å². The third-order valence-electron chi connectivity index (χ3n) is 4.50. The second kappa shape index (κ2) is 8.58. The lowest BCUT2D eigenvalue weighted by molar-refractivity contribution is 0.0953. The lowest BCUT2D eigenvalue weighted by Crippen LogP contribution is -2.25. The number of amides is 1. The molecule has 0 aliphatic carbocycles. The van der Waals surface area contributed by atoms with E-state index in [-0.39, 0.29) is 12.5 Å². The lowest BCUT2D eigenvalue weighted by atomic mass is 10.1. The highest BCUT2D eigenvalue weighted by Crippen LogP contribution is 2.21. The van der Waals surface area contributed by atoms with Crippen molar-refractivity contribution < 1.29 is 9.90 Å². The largest absolute Gasteiger partial charge is 0.396 e. The van der Waals surface area contributed by atoms with Crippen LogP contribution in [0.4, 0.5) is 5.82 Å². The maximum absolute atomic E-state index is 12.2. The molecule has 1 amide bonds. The van der Waals surface area contributed by atoms with Crippen LogP contribution < -0.4 is 10.2 Å². The van der Waals surface area contributed by atoms with Crippen molar-refractivity contribution in [1.82, 2.24) is 15.3 Å². The minimum absolute atomic E-state index is 0.102. The number of carbonyl (C=O) groups is 1. The zero-order valence-corrected chi connectivity index (χ0v) is 14.3. The molecule has 1 aliphatic heterocycles. The Morgan fingerprint density at radius 2 is 2.20 bits per heavy atom. The van der Waals surface area contributed by atoms with Crippen LogP contribution in [0, 0.1) is 5.92 Å². The van der Waals surface area contributed by atoms with Crippen LogP contribution in [-0.2, 0) is 6.42 Å². The van der Waals surface area contributed by atoms with Crippen LogP contribution in [0.25, 0.3) is 0 Å². The molecule has 0 radical (unpaired) electrons. The molecule has 6 heteroatoms. The van der Waals surface area contributed by atoms with Gasteiger partial charge in [-0.15, -0.1) is 0 Å². The van der Waals surface area contributed by atoms with Gasteiger partial charge in [-0.2, -0.15) is 0 Å². The Hall–Kier alpha value is -2.47. The van der Waals surface area contributed by atoms with Gasteiger partial charge in [0, 0.05) is 50.2 Å². The number of aryl methyl sites for hydroxylation is 1. The van der Waals surface area contributed by atoms with E-state index in [1.165, 1.54) is 0 Å².